The van der Waals surface area contributed by atoms with Crippen LogP contribution in [0.3, 0.4) is 0 Å². The summed E-state index contributed by atoms with van der Waals surface area (Å²) in [4.78, 5) is 8.42. The molecule has 0 bridgehead atoms. The summed E-state index contributed by atoms with van der Waals surface area (Å²) in [6.07, 6.45) is 0. The topological polar surface area (TPSA) is 70.8 Å². The Balaban J connectivity index is 2.13. The maximum absolute atomic E-state index is 13.6. The van der Waals surface area contributed by atoms with Crippen LogP contribution in [-0.2, 0) is 6.61 Å². The zero-order chi connectivity index (χ0) is 14.5. The predicted molar refractivity (Wildman–Crippen MR) is 71.8 cm³/mol. The van der Waals surface area contributed by atoms with Crippen LogP contribution in [0.5, 0.6) is 5.75 Å². The lowest BCUT2D eigenvalue weighted by Gasteiger charge is -2.08. The molecule has 0 aliphatic heterocycles. The second-order valence-electron chi connectivity index (χ2n) is 4.11. The van der Waals surface area contributed by atoms with Crippen molar-refractivity contribution in [2.45, 2.75) is 13.5 Å². The lowest BCUT2D eigenvalue weighted by atomic mass is 10.2. The van der Waals surface area contributed by atoms with Gasteiger partial charge in [-0.05, 0) is 25.1 Å². The molecule has 0 saturated heterocycles. The Morgan fingerprint density at radius 2 is 2.15 bits per heavy atom. The van der Waals surface area contributed by atoms with Crippen LogP contribution in [0, 0.1) is 24.1 Å². The predicted octanol–water partition coefficient (Wildman–Crippen LogP) is 2.42. The number of aromatic nitrogens is 2. The lowest BCUT2D eigenvalue weighted by molar-refractivity contribution is 0.281. The standard InChI is InChI=1S/C14H13FN4O/c1-9-5-13(17-2)19-14(18-9)8-20-12-4-3-10(7-16)6-11(12)15/h3-6H,8H2,1-2H3,(H,17,18,19). The fraction of sp³-hybridized carbons (Fsp3) is 0.214. The van der Waals surface area contributed by atoms with Crippen molar-refractivity contribution in [3.63, 3.8) is 0 Å². The summed E-state index contributed by atoms with van der Waals surface area (Å²) in [5.74, 6) is 0.625. The summed E-state index contributed by atoms with van der Waals surface area (Å²) >= 11 is 0. The number of nitrogens with one attached hydrogen (secondary N) is 1. The van der Waals surface area contributed by atoms with Gasteiger partial charge in [-0.3, -0.25) is 0 Å². The maximum Gasteiger partial charge on any atom is 0.168 e. The molecule has 102 valence electrons. The Labute approximate surface area is 116 Å². The minimum atomic E-state index is -0.578. The number of nitrogens with zero attached hydrogens (tertiary/aromatic N) is 3. The number of benzene rings is 1. The molecule has 5 nitrogen and oxygen atoms in total. The van der Waals surface area contributed by atoms with Gasteiger partial charge in [0.1, 0.15) is 12.4 Å². The highest BCUT2D eigenvalue weighted by molar-refractivity contribution is 5.36. The molecule has 1 aromatic heterocycles. The van der Waals surface area contributed by atoms with Gasteiger partial charge in [-0.15, -0.1) is 0 Å². The highest BCUT2D eigenvalue weighted by Crippen LogP contribution is 2.19. The van der Waals surface area contributed by atoms with Crippen LogP contribution < -0.4 is 10.1 Å². The Morgan fingerprint density at radius 1 is 1.35 bits per heavy atom. The lowest BCUT2D eigenvalue weighted by Crippen LogP contribution is -2.06. The van der Waals surface area contributed by atoms with Gasteiger partial charge < -0.3 is 10.1 Å². The van der Waals surface area contributed by atoms with Crippen LogP contribution in [-0.4, -0.2) is 17.0 Å². The first-order chi connectivity index (χ1) is 9.62. The molecule has 2 rings (SSSR count). The fourth-order valence-corrected chi connectivity index (χ4v) is 1.65. The molecule has 2 aromatic rings. The van der Waals surface area contributed by atoms with Gasteiger partial charge in [0.05, 0.1) is 11.6 Å². The third kappa shape index (κ3) is 3.20. The zero-order valence-corrected chi connectivity index (χ0v) is 11.1. The highest BCUT2D eigenvalue weighted by atomic mass is 19.1. The molecule has 0 radical (unpaired) electrons. The van der Waals surface area contributed by atoms with E-state index < -0.39 is 5.82 Å². The molecule has 0 amide bonds. The quantitative estimate of drug-likeness (QED) is 0.925. The molecular weight excluding hydrogens is 259 g/mol. The summed E-state index contributed by atoms with van der Waals surface area (Å²) in [7, 11) is 1.76. The third-order valence-corrected chi connectivity index (χ3v) is 2.57. The number of ether oxygens (including phenoxy) is 1. The van der Waals surface area contributed by atoms with Crippen LogP contribution >= 0.6 is 0 Å². The van der Waals surface area contributed by atoms with Crippen molar-refractivity contribution in [2.75, 3.05) is 12.4 Å². The van der Waals surface area contributed by atoms with Gasteiger partial charge in [0.15, 0.2) is 17.4 Å². The third-order valence-electron chi connectivity index (χ3n) is 2.57. The van der Waals surface area contributed by atoms with Gasteiger partial charge in [-0.25, -0.2) is 14.4 Å². The molecule has 0 saturated carbocycles. The van der Waals surface area contributed by atoms with E-state index in [9.17, 15) is 4.39 Å². The van der Waals surface area contributed by atoms with E-state index in [1.165, 1.54) is 12.1 Å². The minimum Gasteiger partial charge on any atom is -0.483 e. The summed E-state index contributed by atoms with van der Waals surface area (Å²) in [6, 6.07) is 7.70. The molecule has 0 atom stereocenters. The van der Waals surface area contributed by atoms with Crippen molar-refractivity contribution in [1.29, 1.82) is 5.26 Å². The molecule has 1 aromatic carbocycles. The number of aryl methyl sites for hydroxylation is 1. The van der Waals surface area contributed by atoms with E-state index in [0.717, 1.165) is 11.8 Å². The van der Waals surface area contributed by atoms with E-state index in [1.54, 1.807) is 13.1 Å². The number of nitriles is 1. The Bertz CT molecular complexity index is 667. The molecule has 0 spiro atoms. The van der Waals surface area contributed by atoms with Gasteiger partial charge in [0, 0.05) is 18.8 Å². The monoisotopic (exact) mass is 272 g/mol. The molecule has 0 aliphatic carbocycles. The van der Waals surface area contributed by atoms with Gasteiger partial charge in [-0.1, -0.05) is 0 Å². The van der Waals surface area contributed by atoms with Gasteiger partial charge >= 0.3 is 0 Å². The average molecular weight is 272 g/mol. The zero-order valence-electron chi connectivity index (χ0n) is 11.1. The van der Waals surface area contributed by atoms with E-state index in [0.29, 0.717) is 11.6 Å². The Hall–Kier alpha value is -2.68. The second kappa shape index (κ2) is 5.97. The first-order valence-electron chi connectivity index (χ1n) is 5.97. The van der Waals surface area contributed by atoms with Crippen molar-refractivity contribution in [3.05, 3.63) is 47.2 Å². The summed E-state index contributed by atoms with van der Waals surface area (Å²) in [6.45, 7) is 1.90. The van der Waals surface area contributed by atoms with E-state index in [1.807, 2.05) is 13.0 Å². The summed E-state index contributed by atoms with van der Waals surface area (Å²) in [5, 5.41) is 11.6. The molecule has 20 heavy (non-hydrogen) atoms. The first kappa shape index (κ1) is 13.7. The maximum atomic E-state index is 13.6. The van der Waals surface area contributed by atoms with Crippen LogP contribution in [0.15, 0.2) is 24.3 Å². The molecule has 0 unspecified atom stereocenters. The summed E-state index contributed by atoms with van der Waals surface area (Å²) in [5.41, 5.74) is 1.04. The van der Waals surface area contributed by atoms with E-state index >= 15 is 0 Å². The summed E-state index contributed by atoms with van der Waals surface area (Å²) < 4.78 is 19.0. The van der Waals surface area contributed by atoms with Crippen LogP contribution in [0.1, 0.15) is 17.1 Å². The smallest absolute Gasteiger partial charge is 0.168 e. The first-order valence-corrected chi connectivity index (χ1v) is 5.97. The van der Waals surface area contributed by atoms with E-state index in [-0.39, 0.29) is 17.9 Å². The second-order valence-corrected chi connectivity index (χ2v) is 4.11. The number of rotatable bonds is 4. The van der Waals surface area contributed by atoms with Crippen LogP contribution in [0.25, 0.3) is 0 Å². The molecule has 0 aliphatic rings. The molecule has 1 N–H and O–H groups in total. The average Bonchev–Trinajstić information content (AvgIpc) is 2.45. The number of hydrogen-bond acceptors (Lipinski definition) is 5. The van der Waals surface area contributed by atoms with Crippen LogP contribution in [0.4, 0.5) is 10.2 Å². The van der Waals surface area contributed by atoms with Crippen molar-refractivity contribution in [3.8, 4) is 11.8 Å². The highest BCUT2D eigenvalue weighted by Gasteiger charge is 2.07. The normalized spacial score (nSPS) is 9.90. The fourth-order valence-electron chi connectivity index (χ4n) is 1.65. The Morgan fingerprint density at radius 3 is 2.80 bits per heavy atom. The van der Waals surface area contributed by atoms with Crippen LogP contribution in [0.2, 0.25) is 0 Å². The number of anilines is 1. The van der Waals surface area contributed by atoms with Crippen molar-refractivity contribution in [1.82, 2.24) is 9.97 Å². The van der Waals surface area contributed by atoms with Crippen molar-refractivity contribution >= 4 is 5.82 Å². The Kier molecular flexibility index (Phi) is 4.11. The van der Waals surface area contributed by atoms with E-state index in [4.69, 9.17) is 10.00 Å². The van der Waals surface area contributed by atoms with Gasteiger partial charge in [0.25, 0.3) is 0 Å². The van der Waals surface area contributed by atoms with Crippen molar-refractivity contribution in [2.24, 2.45) is 0 Å². The van der Waals surface area contributed by atoms with Gasteiger partial charge in [-0.2, -0.15) is 5.26 Å². The van der Waals surface area contributed by atoms with Gasteiger partial charge in [0.2, 0.25) is 0 Å². The number of halogens is 1. The molecule has 1 heterocycles. The van der Waals surface area contributed by atoms with Crippen molar-refractivity contribution < 1.29 is 9.13 Å². The SMILES string of the molecule is CNc1cc(C)nc(COc2ccc(C#N)cc2F)n1. The van der Waals surface area contributed by atoms with E-state index in [2.05, 4.69) is 15.3 Å². The molecule has 0 fully saturated rings. The largest absolute Gasteiger partial charge is 0.483 e. The number of hydrogen-bond donors (Lipinski definition) is 1. The molecular formula is C14H13FN4O. The minimum absolute atomic E-state index is 0.0547. The molecule has 6 heteroatoms.